The van der Waals surface area contributed by atoms with Gasteiger partial charge in [-0.15, -0.1) is 11.3 Å². The van der Waals surface area contributed by atoms with Gasteiger partial charge in [-0.3, -0.25) is 9.59 Å². The van der Waals surface area contributed by atoms with Gasteiger partial charge in [0.1, 0.15) is 10.8 Å². The summed E-state index contributed by atoms with van der Waals surface area (Å²) in [6.07, 6.45) is 2.95. The molecule has 1 aliphatic rings. The lowest BCUT2D eigenvalue weighted by Crippen LogP contribution is -2.41. The maximum Gasteiger partial charge on any atom is 0.261 e. The van der Waals surface area contributed by atoms with Gasteiger partial charge >= 0.3 is 0 Å². The summed E-state index contributed by atoms with van der Waals surface area (Å²) in [5.41, 5.74) is 7.54. The van der Waals surface area contributed by atoms with Crippen LogP contribution in [0, 0.1) is 0 Å². The largest absolute Gasteiger partial charge is 0.484 e. The van der Waals surface area contributed by atoms with Crippen molar-refractivity contribution in [3.8, 4) is 17.0 Å². The molecule has 1 atom stereocenters. The van der Waals surface area contributed by atoms with Crippen LogP contribution in [-0.2, 0) is 4.79 Å². The molecule has 6 nitrogen and oxygen atoms in total. The van der Waals surface area contributed by atoms with E-state index in [1.807, 2.05) is 52.7 Å². The van der Waals surface area contributed by atoms with Crippen LogP contribution < -0.4 is 10.5 Å². The highest BCUT2D eigenvalue weighted by atomic mass is 32.1. The fraction of sp³-hybridized carbons (Fsp3) is 0.261. The van der Waals surface area contributed by atoms with Gasteiger partial charge in [-0.2, -0.15) is 0 Å². The second-order valence-corrected chi connectivity index (χ2v) is 8.10. The molecule has 1 fully saturated rings. The highest BCUT2D eigenvalue weighted by molar-refractivity contribution is 7.10. The van der Waals surface area contributed by atoms with Gasteiger partial charge in [0.05, 0.1) is 11.7 Å². The Morgan fingerprint density at radius 2 is 1.87 bits per heavy atom. The van der Waals surface area contributed by atoms with Crippen molar-refractivity contribution in [2.45, 2.75) is 25.3 Å². The first kappa shape index (κ1) is 20.1. The Kier molecular flexibility index (Phi) is 6.09. The molecule has 0 radical (unpaired) electrons. The minimum absolute atomic E-state index is 0.0212. The number of carbonyl (C=O) groups is 2. The van der Waals surface area contributed by atoms with Crippen LogP contribution in [0.15, 0.2) is 60.0 Å². The minimum atomic E-state index is -0.449. The summed E-state index contributed by atoms with van der Waals surface area (Å²) >= 11 is 1.56. The molecule has 0 saturated carbocycles. The molecule has 2 heterocycles. The number of ether oxygens (including phenoxy) is 1. The second-order valence-electron chi connectivity index (χ2n) is 7.21. The van der Waals surface area contributed by atoms with Crippen LogP contribution in [0.1, 0.15) is 40.7 Å². The molecular weight excluding hydrogens is 398 g/mol. The highest BCUT2D eigenvalue weighted by Gasteiger charge is 2.30. The summed E-state index contributed by atoms with van der Waals surface area (Å²) in [4.78, 5) is 30.8. The van der Waals surface area contributed by atoms with E-state index in [9.17, 15) is 9.59 Å². The van der Waals surface area contributed by atoms with E-state index in [1.54, 1.807) is 23.5 Å². The average molecular weight is 422 g/mol. The molecule has 0 spiro atoms. The first-order valence-electron chi connectivity index (χ1n) is 9.95. The Morgan fingerprint density at radius 3 is 2.60 bits per heavy atom. The second kappa shape index (κ2) is 9.09. The normalized spacial score (nSPS) is 16.3. The third-order valence-corrected chi connectivity index (χ3v) is 6.15. The number of aromatic nitrogens is 1. The molecule has 2 N–H and O–H groups in total. The van der Waals surface area contributed by atoms with Crippen LogP contribution in [0.4, 0.5) is 0 Å². The number of hydrogen-bond acceptors (Lipinski definition) is 5. The number of rotatable bonds is 6. The summed E-state index contributed by atoms with van der Waals surface area (Å²) in [6.45, 7) is 0.733. The number of piperidine rings is 1. The van der Waals surface area contributed by atoms with E-state index in [0.717, 1.165) is 35.5 Å². The fourth-order valence-corrected chi connectivity index (χ4v) is 4.58. The van der Waals surface area contributed by atoms with Crippen molar-refractivity contribution >= 4 is 23.2 Å². The van der Waals surface area contributed by atoms with Crippen LogP contribution in [0.3, 0.4) is 0 Å². The SMILES string of the molecule is NC(=O)c1ccc(-c2csc(C3CCCCN3C(=O)COc3ccccc3)n2)cc1. The number of nitrogens with two attached hydrogens (primary N) is 1. The Balaban J connectivity index is 1.47. The molecular formula is C23H23N3O3S. The van der Waals surface area contributed by atoms with Crippen molar-refractivity contribution in [2.75, 3.05) is 13.2 Å². The predicted molar refractivity (Wildman–Crippen MR) is 116 cm³/mol. The van der Waals surface area contributed by atoms with Crippen LogP contribution in [-0.4, -0.2) is 34.8 Å². The van der Waals surface area contributed by atoms with Gasteiger partial charge in [-0.1, -0.05) is 30.3 Å². The number of thiazole rings is 1. The van der Waals surface area contributed by atoms with Crippen molar-refractivity contribution < 1.29 is 14.3 Å². The molecule has 2 amide bonds. The predicted octanol–water partition coefficient (Wildman–Crippen LogP) is 4.04. The molecule has 2 aromatic carbocycles. The van der Waals surface area contributed by atoms with Crippen molar-refractivity contribution in [2.24, 2.45) is 5.73 Å². The summed E-state index contributed by atoms with van der Waals surface area (Å²) < 4.78 is 5.66. The van der Waals surface area contributed by atoms with Gasteiger partial charge < -0.3 is 15.4 Å². The quantitative estimate of drug-likeness (QED) is 0.651. The summed E-state index contributed by atoms with van der Waals surface area (Å²) in [7, 11) is 0. The molecule has 3 aromatic rings. The van der Waals surface area contributed by atoms with Crippen molar-refractivity contribution in [3.05, 3.63) is 70.5 Å². The van der Waals surface area contributed by atoms with Crippen molar-refractivity contribution in [3.63, 3.8) is 0 Å². The first-order valence-corrected chi connectivity index (χ1v) is 10.8. The number of nitrogens with zero attached hydrogens (tertiary/aromatic N) is 2. The van der Waals surface area contributed by atoms with Gasteiger partial charge in [0.15, 0.2) is 6.61 Å². The molecule has 1 aliphatic heterocycles. The van der Waals surface area contributed by atoms with Gasteiger partial charge in [-0.25, -0.2) is 4.98 Å². The molecule has 4 rings (SSSR count). The zero-order valence-electron chi connectivity index (χ0n) is 16.5. The average Bonchev–Trinajstić information content (AvgIpc) is 3.28. The van der Waals surface area contributed by atoms with Gasteiger partial charge in [-0.05, 0) is 43.5 Å². The molecule has 1 unspecified atom stereocenters. The fourth-order valence-electron chi connectivity index (χ4n) is 3.61. The van der Waals surface area contributed by atoms with E-state index < -0.39 is 5.91 Å². The first-order chi connectivity index (χ1) is 14.6. The zero-order chi connectivity index (χ0) is 20.9. The summed E-state index contributed by atoms with van der Waals surface area (Å²) in [5, 5.41) is 2.92. The molecule has 154 valence electrons. The molecule has 1 saturated heterocycles. The van der Waals surface area contributed by atoms with Crippen molar-refractivity contribution in [1.82, 2.24) is 9.88 Å². The molecule has 0 bridgehead atoms. The number of hydrogen-bond donors (Lipinski definition) is 1. The van der Waals surface area contributed by atoms with Crippen LogP contribution in [0.5, 0.6) is 5.75 Å². The Morgan fingerprint density at radius 1 is 1.10 bits per heavy atom. The van der Waals surface area contributed by atoms with E-state index in [2.05, 4.69) is 0 Å². The lowest BCUT2D eigenvalue weighted by atomic mass is 10.0. The third kappa shape index (κ3) is 4.52. The maximum atomic E-state index is 12.9. The lowest BCUT2D eigenvalue weighted by Gasteiger charge is -2.34. The van der Waals surface area contributed by atoms with Gasteiger partial charge in [0, 0.05) is 23.1 Å². The topological polar surface area (TPSA) is 85.5 Å². The smallest absolute Gasteiger partial charge is 0.261 e. The number of primary amides is 1. The molecule has 7 heteroatoms. The van der Waals surface area contributed by atoms with Crippen LogP contribution >= 0.6 is 11.3 Å². The number of amides is 2. The third-order valence-electron chi connectivity index (χ3n) is 5.20. The minimum Gasteiger partial charge on any atom is -0.484 e. The molecule has 30 heavy (non-hydrogen) atoms. The number of benzene rings is 2. The summed E-state index contributed by atoms with van der Waals surface area (Å²) in [6, 6.07) is 16.4. The lowest BCUT2D eigenvalue weighted by molar-refractivity contribution is -0.137. The number of carbonyl (C=O) groups excluding carboxylic acids is 2. The van der Waals surface area contributed by atoms with E-state index in [4.69, 9.17) is 15.5 Å². The zero-order valence-corrected chi connectivity index (χ0v) is 17.3. The maximum absolute atomic E-state index is 12.9. The van der Waals surface area contributed by atoms with E-state index in [-0.39, 0.29) is 18.6 Å². The van der Waals surface area contributed by atoms with E-state index in [0.29, 0.717) is 17.9 Å². The van der Waals surface area contributed by atoms with E-state index >= 15 is 0 Å². The van der Waals surface area contributed by atoms with E-state index in [1.165, 1.54) is 0 Å². The summed E-state index contributed by atoms with van der Waals surface area (Å²) in [5.74, 6) is 0.219. The monoisotopic (exact) mass is 421 g/mol. The van der Waals surface area contributed by atoms with Crippen molar-refractivity contribution in [1.29, 1.82) is 0 Å². The Bertz CT molecular complexity index is 1020. The molecule has 1 aromatic heterocycles. The number of likely N-dealkylation sites (tertiary alicyclic amines) is 1. The Hall–Kier alpha value is -3.19. The molecule has 0 aliphatic carbocycles. The van der Waals surface area contributed by atoms with Crippen LogP contribution in [0.2, 0.25) is 0 Å². The standard InChI is InChI=1S/C23H23N3O3S/c24-22(28)17-11-9-16(10-12-17)19-15-30-23(25-19)20-8-4-5-13-26(20)21(27)14-29-18-6-2-1-3-7-18/h1-3,6-7,9-12,15,20H,4-5,8,13-14H2,(H2,24,28). The Labute approximate surface area is 179 Å². The van der Waals surface area contributed by atoms with Crippen LogP contribution in [0.25, 0.3) is 11.3 Å². The highest BCUT2D eigenvalue weighted by Crippen LogP contribution is 2.35. The number of para-hydroxylation sites is 1. The van der Waals surface area contributed by atoms with Gasteiger partial charge in [0.25, 0.3) is 5.91 Å². The van der Waals surface area contributed by atoms with Gasteiger partial charge in [0.2, 0.25) is 5.91 Å².